The van der Waals surface area contributed by atoms with Gasteiger partial charge >= 0.3 is 0 Å². The molecule has 1 atom stereocenters. The van der Waals surface area contributed by atoms with Crippen LogP contribution in [0.25, 0.3) is 0 Å². The third-order valence-corrected chi connectivity index (χ3v) is 3.87. The molecular weight excluding hydrogens is 272 g/mol. The van der Waals surface area contributed by atoms with Crippen molar-refractivity contribution < 1.29 is 8.78 Å². The topological polar surface area (TPSA) is 29.0 Å². The molecule has 1 unspecified atom stereocenters. The summed E-state index contributed by atoms with van der Waals surface area (Å²) in [5.41, 5.74) is 1.10. The Hall–Kier alpha value is -2.04. The summed E-state index contributed by atoms with van der Waals surface area (Å²) in [7, 11) is 0. The molecule has 3 nitrogen and oxygen atoms in total. The highest BCUT2D eigenvalue weighted by Crippen LogP contribution is 2.33. The highest BCUT2D eigenvalue weighted by atomic mass is 19.1. The van der Waals surface area contributed by atoms with Gasteiger partial charge in [0.05, 0.1) is 0 Å². The average molecular weight is 289 g/mol. The fourth-order valence-corrected chi connectivity index (χ4v) is 2.96. The smallest absolute Gasteiger partial charge is 0.132 e. The van der Waals surface area contributed by atoms with Crippen LogP contribution in [-0.4, -0.2) is 23.1 Å². The highest BCUT2D eigenvalue weighted by Gasteiger charge is 2.29. The number of aryl methyl sites for hydroxylation is 2. The Morgan fingerprint density at radius 1 is 1.14 bits per heavy atom. The molecule has 0 amide bonds. The third kappa shape index (κ3) is 2.73. The minimum Gasteiger partial charge on any atom is -0.356 e. The minimum absolute atomic E-state index is 0.137. The van der Waals surface area contributed by atoms with Crippen molar-refractivity contribution in [1.29, 1.82) is 0 Å². The molecule has 1 aromatic heterocycles. The largest absolute Gasteiger partial charge is 0.356 e. The molecule has 1 aliphatic rings. The number of nitrogens with zero attached hydrogens (tertiary/aromatic N) is 3. The summed E-state index contributed by atoms with van der Waals surface area (Å²) in [6.07, 6.45) is 0.722. The van der Waals surface area contributed by atoms with Crippen LogP contribution in [0.2, 0.25) is 0 Å². The summed E-state index contributed by atoms with van der Waals surface area (Å²) in [5.74, 6) is 0.486. The Morgan fingerprint density at radius 2 is 1.86 bits per heavy atom. The molecule has 0 aliphatic carbocycles. The van der Waals surface area contributed by atoms with Gasteiger partial charge in [-0.15, -0.1) is 0 Å². The van der Waals surface area contributed by atoms with Crippen LogP contribution in [0.4, 0.5) is 14.6 Å². The van der Waals surface area contributed by atoms with E-state index in [-0.39, 0.29) is 11.5 Å². The van der Waals surface area contributed by atoms with Crippen molar-refractivity contribution in [1.82, 2.24) is 9.97 Å². The van der Waals surface area contributed by atoms with Gasteiger partial charge in [0.25, 0.3) is 0 Å². The standard InChI is InChI=1S/C16H17F2N3/c1-10-8-15(20-11(2)19-10)21-7-6-12(9-21)16-13(17)4-3-5-14(16)18/h3-5,8,12H,6-7,9H2,1-2H3. The molecule has 5 heteroatoms. The maximum atomic E-state index is 13.9. The predicted molar refractivity (Wildman–Crippen MR) is 77.4 cm³/mol. The van der Waals surface area contributed by atoms with Gasteiger partial charge in [0.15, 0.2) is 0 Å². The quantitative estimate of drug-likeness (QED) is 0.849. The van der Waals surface area contributed by atoms with Crippen molar-refractivity contribution >= 4 is 5.82 Å². The Kier molecular flexibility index (Phi) is 3.57. The lowest BCUT2D eigenvalue weighted by Crippen LogP contribution is -2.21. The van der Waals surface area contributed by atoms with Crippen LogP contribution in [0.5, 0.6) is 0 Å². The normalized spacial score (nSPS) is 18.3. The summed E-state index contributed by atoms with van der Waals surface area (Å²) < 4.78 is 27.8. The molecule has 0 radical (unpaired) electrons. The Bertz CT molecular complexity index is 632. The van der Waals surface area contributed by atoms with Gasteiger partial charge in [-0.25, -0.2) is 18.7 Å². The number of anilines is 1. The minimum atomic E-state index is -0.461. The first-order valence-corrected chi connectivity index (χ1v) is 7.05. The molecule has 1 aromatic carbocycles. The first kappa shape index (κ1) is 13.9. The summed E-state index contributed by atoms with van der Waals surface area (Å²) in [4.78, 5) is 10.7. The summed E-state index contributed by atoms with van der Waals surface area (Å²) in [5, 5.41) is 0. The van der Waals surface area contributed by atoms with E-state index in [2.05, 4.69) is 14.9 Å². The molecule has 0 bridgehead atoms. The van der Waals surface area contributed by atoms with Crippen molar-refractivity contribution in [2.24, 2.45) is 0 Å². The van der Waals surface area contributed by atoms with Crippen molar-refractivity contribution in [3.63, 3.8) is 0 Å². The molecule has 1 fully saturated rings. The zero-order valence-corrected chi connectivity index (χ0v) is 12.1. The Labute approximate surface area is 122 Å². The number of halogens is 2. The fraction of sp³-hybridized carbons (Fsp3) is 0.375. The Morgan fingerprint density at radius 3 is 2.52 bits per heavy atom. The molecule has 110 valence electrons. The van der Waals surface area contributed by atoms with Gasteiger partial charge in [-0.2, -0.15) is 0 Å². The monoisotopic (exact) mass is 289 g/mol. The lowest BCUT2D eigenvalue weighted by Gasteiger charge is -2.18. The molecule has 1 saturated heterocycles. The van der Waals surface area contributed by atoms with Crippen molar-refractivity contribution in [3.05, 3.63) is 53.0 Å². The molecular formula is C16H17F2N3. The van der Waals surface area contributed by atoms with Crippen LogP contribution in [-0.2, 0) is 0 Å². The molecule has 1 aliphatic heterocycles. The molecule has 2 heterocycles. The molecule has 0 spiro atoms. The fourth-order valence-electron chi connectivity index (χ4n) is 2.96. The number of rotatable bonds is 2. The first-order valence-electron chi connectivity index (χ1n) is 7.05. The van der Waals surface area contributed by atoms with Gasteiger partial charge in [0.1, 0.15) is 23.3 Å². The lowest BCUT2D eigenvalue weighted by molar-refractivity contribution is 0.533. The predicted octanol–water partition coefficient (Wildman–Crippen LogP) is 3.37. The van der Waals surface area contributed by atoms with Gasteiger partial charge in [-0.3, -0.25) is 0 Å². The van der Waals surface area contributed by atoms with Crippen LogP contribution in [0.15, 0.2) is 24.3 Å². The van der Waals surface area contributed by atoms with Crippen LogP contribution in [0.3, 0.4) is 0 Å². The number of hydrogen-bond acceptors (Lipinski definition) is 3. The maximum absolute atomic E-state index is 13.9. The third-order valence-electron chi connectivity index (χ3n) is 3.87. The van der Waals surface area contributed by atoms with Gasteiger partial charge < -0.3 is 4.90 Å². The molecule has 3 rings (SSSR count). The van der Waals surface area contributed by atoms with E-state index in [1.807, 2.05) is 19.9 Å². The van der Waals surface area contributed by atoms with E-state index in [1.165, 1.54) is 18.2 Å². The van der Waals surface area contributed by atoms with Crippen molar-refractivity contribution in [2.75, 3.05) is 18.0 Å². The lowest BCUT2D eigenvalue weighted by atomic mass is 9.97. The number of benzene rings is 1. The van der Waals surface area contributed by atoms with Crippen molar-refractivity contribution in [3.8, 4) is 0 Å². The van der Waals surface area contributed by atoms with Crippen LogP contribution in [0.1, 0.15) is 29.4 Å². The zero-order chi connectivity index (χ0) is 15.0. The second-order valence-electron chi connectivity index (χ2n) is 5.48. The van der Waals surface area contributed by atoms with Crippen LogP contribution >= 0.6 is 0 Å². The summed E-state index contributed by atoms with van der Waals surface area (Å²) >= 11 is 0. The highest BCUT2D eigenvalue weighted by molar-refractivity contribution is 5.43. The van der Waals surface area contributed by atoms with Crippen LogP contribution < -0.4 is 4.90 Å². The first-order chi connectivity index (χ1) is 10.0. The Balaban J connectivity index is 1.85. The summed E-state index contributed by atoms with van der Waals surface area (Å²) in [6.45, 7) is 5.09. The van der Waals surface area contributed by atoms with E-state index in [1.54, 1.807) is 0 Å². The van der Waals surface area contributed by atoms with E-state index in [9.17, 15) is 8.78 Å². The molecule has 21 heavy (non-hydrogen) atoms. The van der Waals surface area contributed by atoms with E-state index in [0.29, 0.717) is 12.4 Å². The van der Waals surface area contributed by atoms with Gasteiger partial charge in [-0.05, 0) is 32.4 Å². The van der Waals surface area contributed by atoms with Crippen LogP contribution in [0, 0.1) is 25.5 Å². The molecule has 0 N–H and O–H groups in total. The maximum Gasteiger partial charge on any atom is 0.132 e. The second kappa shape index (κ2) is 5.39. The zero-order valence-electron chi connectivity index (χ0n) is 12.1. The van der Waals surface area contributed by atoms with Crippen molar-refractivity contribution in [2.45, 2.75) is 26.2 Å². The average Bonchev–Trinajstić information content (AvgIpc) is 2.87. The molecule has 2 aromatic rings. The van der Waals surface area contributed by atoms with E-state index >= 15 is 0 Å². The van der Waals surface area contributed by atoms with Gasteiger partial charge in [-0.1, -0.05) is 6.07 Å². The van der Waals surface area contributed by atoms with Gasteiger partial charge in [0, 0.05) is 36.3 Å². The molecule has 0 saturated carbocycles. The SMILES string of the molecule is Cc1cc(N2CCC(c3c(F)cccc3F)C2)nc(C)n1. The van der Waals surface area contributed by atoms with Gasteiger partial charge in [0.2, 0.25) is 0 Å². The second-order valence-corrected chi connectivity index (χ2v) is 5.48. The van der Waals surface area contributed by atoms with E-state index in [4.69, 9.17) is 0 Å². The number of aromatic nitrogens is 2. The number of hydrogen-bond donors (Lipinski definition) is 0. The summed E-state index contributed by atoms with van der Waals surface area (Å²) in [6, 6.07) is 5.95. The van der Waals surface area contributed by atoms with E-state index in [0.717, 1.165) is 24.5 Å². The van der Waals surface area contributed by atoms with E-state index < -0.39 is 11.6 Å².